The molecule has 1 amide bonds. The first-order valence-corrected chi connectivity index (χ1v) is 5.77. The van der Waals surface area contributed by atoms with Crippen molar-refractivity contribution in [2.75, 3.05) is 0 Å². The van der Waals surface area contributed by atoms with E-state index in [1.54, 1.807) is 0 Å². The van der Waals surface area contributed by atoms with Crippen LogP contribution in [0.15, 0.2) is 0 Å². The molecule has 1 rings (SSSR count). The van der Waals surface area contributed by atoms with Crippen LogP contribution in [-0.2, 0) is 4.79 Å². The van der Waals surface area contributed by atoms with Gasteiger partial charge in [-0.1, -0.05) is 6.92 Å². The lowest BCUT2D eigenvalue weighted by Crippen LogP contribution is -2.34. The van der Waals surface area contributed by atoms with Gasteiger partial charge in [-0.05, 0) is 38.5 Å². The number of nitrogens with one attached hydrogen (secondary N) is 1. The zero-order valence-electron chi connectivity index (χ0n) is 9.09. The van der Waals surface area contributed by atoms with E-state index >= 15 is 0 Å². The minimum absolute atomic E-state index is 0.202. The fourth-order valence-corrected chi connectivity index (χ4v) is 2.00. The Hall–Kier alpha value is -0.570. The van der Waals surface area contributed by atoms with Gasteiger partial charge in [-0.2, -0.15) is 0 Å². The van der Waals surface area contributed by atoms with Crippen molar-refractivity contribution in [3.63, 3.8) is 0 Å². The second-order valence-electron chi connectivity index (χ2n) is 4.28. The molecule has 2 atom stereocenters. The van der Waals surface area contributed by atoms with Crippen molar-refractivity contribution in [1.82, 2.24) is 5.32 Å². The second kappa shape index (κ2) is 6.02. The number of carbonyl (C=O) groups excluding carboxylic acids is 1. The van der Waals surface area contributed by atoms with Crippen LogP contribution in [0.25, 0.3) is 0 Å². The molecule has 3 nitrogen and oxygen atoms in total. The Kier molecular flexibility index (Phi) is 4.94. The van der Waals surface area contributed by atoms with Crippen LogP contribution in [0.2, 0.25) is 0 Å². The fourth-order valence-electron chi connectivity index (χ4n) is 2.00. The summed E-state index contributed by atoms with van der Waals surface area (Å²) in [6.07, 6.45) is 7.05. The fraction of sp³-hybridized carbons (Fsp3) is 0.909. The molecule has 1 saturated carbocycles. The third-order valence-corrected chi connectivity index (χ3v) is 2.86. The summed E-state index contributed by atoms with van der Waals surface area (Å²) in [7, 11) is 0. The Balaban J connectivity index is 2.26. The molecule has 1 aliphatic carbocycles. The molecule has 14 heavy (non-hydrogen) atoms. The van der Waals surface area contributed by atoms with Gasteiger partial charge in [0.25, 0.3) is 0 Å². The van der Waals surface area contributed by atoms with E-state index < -0.39 is 0 Å². The van der Waals surface area contributed by atoms with Crippen molar-refractivity contribution in [3.8, 4) is 0 Å². The van der Waals surface area contributed by atoms with Gasteiger partial charge in [0.15, 0.2) is 0 Å². The van der Waals surface area contributed by atoms with E-state index in [0.29, 0.717) is 18.5 Å². The molecule has 0 heterocycles. The van der Waals surface area contributed by atoms with E-state index in [4.69, 9.17) is 5.73 Å². The van der Waals surface area contributed by atoms with Crippen LogP contribution < -0.4 is 11.1 Å². The molecule has 3 heteroatoms. The summed E-state index contributed by atoms with van der Waals surface area (Å²) in [6.45, 7) is 2.03. The van der Waals surface area contributed by atoms with Gasteiger partial charge in [-0.3, -0.25) is 4.79 Å². The van der Waals surface area contributed by atoms with Gasteiger partial charge < -0.3 is 11.1 Å². The quantitative estimate of drug-likeness (QED) is 0.676. The highest BCUT2D eigenvalue weighted by atomic mass is 16.1. The summed E-state index contributed by atoms with van der Waals surface area (Å²) >= 11 is 0. The highest BCUT2D eigenvalue weighted by Gasteiger charge is 2.17. The second-order valence-corrected chi connectivity index (χ2v) is 4.28. The molecule has 82 valence electrons. The van der Waals surface area contributed by atoms with E-state index in [1.165, 1.54) is 0 Å². The molecule has 1 aliphatic rings. The predicted molar refractivity (Wildman–Crippen MR) is 57.9 cm³/mol. The normalized spacial score (nSPS) is 28.1. The molecule has 0 aromatic carbocycles. The Morgan fingerprint density at radius 1 is 1.36 bits per heavy atom. The summed E-state index contributed by atoms with van der Waals surface area (Å²) in [5.74, 6) is 0.202. The molecular formula is C11H22N2O. The number of hydrogen-bond acceptors (Lipinski definition) is 2. The topological polar surface area (TPSA) is 55.1 Å². The van der Waals surface area contributed by atoms with Crippen LogP contribution in [0.5, 0.6) is 0 Å². The number of hydrogen-bond donors (Lipinski definition) is 2. The number of nitrogens with two attached hydrogens (primary N) is 1. The van der Waals surface area contributed by atoms with E-state index in [9.17, 15) is 4.79 Å². The minimum Gasteiger partial charge on any atom is -0.353 e. The Morgan fingerprint density at radius 3 is 2.86 bits per heavy atom. The number of amides is 1. The van der Waals surface area contributed by atoms with Crippen LogP contribution in [0, 0.1) is 0 Å². The maximum Gasteiger partial charge on any atom is 0.220 e. The first-order valence-electron chi connectivity index (χ1n) is 5.77. The molecule has 0 aromatic rings. The van der Waals surface area contributed by atoms with Crippen molar-refractivity contribution in [2.24, 2.45) is 5.73 Å². The van der Waals surface area contributed by atoms with Gasteiger partial charge in [0.2, 0.25) is 5.91 Å². The van der Waals surface area contributed by atoms with Crippen LogP contribution >= 0.6 is 0 Å². The lowest BCUT2D eigenvalue weighted by molar-refractivity contribution is -0.121. The summed E-state index contributed by atoms with van der Waals surface area (Å²) in [5.41, 5.74) is 5.87. The Labute approximate surface area is 86.4 Å². The molecule has 0 aromatic heterocycles. The van der Waals surface area contributed by atoms with Gasteiger partial charge in [0, 0.05) is 18.5 Å². The molecule has 0 spiro atoms. The van der Waals surface area contributed by atoms with Gasteiger partial charge in [-0.25, -0.2) is 0 Å². The Bertz CT molecular complexity index is 182. The zero-order chi connectivity index (χ0) is 10.4. The van der Waals surface area contributed by atoms with Gasteiger partial charge >= 0.3 is 0 Å². The zero-order valence-corrected chi connectivity index (χ0v) is 9.09. The summed E-state index contributed by atoms with van der Waals surface area (Å²) in [6, 6.07) is 0.727. The lowest BCUT2D eigenvalue weighted by Gasteiger charge is -2.15. The minimum atomic E-state index is 0.202. The molecule has 0 aliphatic heterocycles. The predicted octanol–water partition coefficient (Wildman–Crippen LogP) is 1.56. The van der Waals surface area contributed by atoms with E-state index in [-0.39, 0.29) is 5.91 Å². The third kappa shape index (κ3) is 4.09. The molecule has 0 saturated heterocycles. The number of carbonyl (C=O) groups is 1. The van der Waals surface area contributed by atoms with E-state index in [1.807, 2.05) is 6.92 Å². The standard InChI is InChI=1S/C11H22N2O/c1-2-4-11(14)13-10-6-3-5-9(12)7-8-10/h9-10H,2-8,12H2,1H3,(H,13,14). The molecule has 0 radical (unpaired) electrons. The van der Waals surface area contributed by atoms with Gasteiger partial charge in [-0.15, -0.1) is 0 Å². The highest BCUT2D eigenvalue weighted by molar-refractivity contribution is 5.76. The maximum atomic E-state index is 11.4. The molecule has 2 unspecified atom stereocenters. The smallest absolute Gasteiger partial charge is 0.220 e. The first-order chi connectivity index (χ1) is 6.72. The van der Waals surface area contributed by atoms with Crippen LogP contribution in [0.4, 0.5) is 0 Å². The van der Waals surface area contributed by atoms with Crippen LogP contribution in [0.3, 0.4) is 0 Å². The lowest BCUT2D eigenvalue weighted by atomic mass is 10.1. The van der Waals surface area contributed by atoms with Crippen molar-refractivity contribution in [3.05, 3.63) is 0 Å². The third-order valence-electron chi connectivity index (χ3n) is 2.86. The number of rotatable bonds is 3. The van der Waals surface area contributed by atoms with Crippen molar-refractivity contribution < 1.29 is 4.79 Å². The molecule has 3 N–H and O–H groups in total. The maximum absolute atomic E-state index is 11.4. The monoisotopic (exact) mass is 198 g/mol. The van der Waals surface area contributed by atoms with Crippen molar-refractivity contribution in [2.45, 2.75) is 64.0 Å². The summed E-state index contributed by atoms with van der Waals surface area (Å²) < 4.78 is 0. The summed E-state index contributed by atoms with van der Waals surface area (Å²) in [4.78, 5) is 11.4. The molecular weight excluding hydrogens is 176 g/mol. The average Bonchev–Trinajstić information content (AvgIpc) is 2.32. The molecule has 0 bridgehead atoms. The largest absolute Gasteiger partial charge is 0.353 e. The Morgan fingerprint density at radius 2 is 2.14 bits per heavy atom. The van der Waals surface area contributed by atoms with Crippen molar-refractivity contribution in [1.29, 1.82) is 0 Å². The molecule has 1 fully saturated rings. The van der Waals surface area contributed by atoms with Gasteiger partial charge in [0.1, 0.15) is 0 Å². The van der Waals surface area contributed by atoms with Crippen LogP contribution in [-0.4, -0.2) is 18.0 Å². The van der Waals surface area contributed by atoms with E-state index in [0.717, 1.165) is 38.5 Å². The van der Waals surface area contributed by atoms with Crippen molar-refractivity contribution >= 4 is 5.91 Å². The average molecular weight is 198 g/mol. The highest BCUT2D eigenvalue weighted by Crippen LogP contribution is 2.16. The van der Waals surface area contributed by atoms with Crippen LogP contribution in [0.1, 0.15) is 51.9 Å². The van der Waals surface area contributed by atoms with E-state index in [2.05, 4.69) is 5.32 Å². The van der Waals surface area contributed by atoms with Gasteiger partial charge in [0.05, 0.1) is 0 Å². The first kappa shape index (κ1) is 11.5. The summed E-state index contributed by atoms with van der Waals surface area (Å²) in [5, 5.41) is 3.09. The SMILES string of the molecule is CCCC(=O)NC1CCCC(N)CC1.